The normalized spacial score (nSPS) is 23.7. The molecule has 0 unspecified atom stereocenters. The molecule has 5 rings (SSSR count). The van der Waals surface area contributed by atoms with Crippen molar-refractivity contribution in [3.63, 3.8) is 0 Å². The Hall–Kier alpha value is -2.52. The highest BCUT2D eigenvalue weighted by Crippen LogP contribution is 2.37. The van der Waals surface area contributed by atoms with E-state index in [1.54, 1.807) is 10.7 Å². The van der Waals surface area contributed by atoms with Crippen LogP contribution in [0.25, 0.3) is 11.2 Å². The Balaban J connectivity index is 1.26. The first kappa shape index (κ1) is 24.2. The molecule has 1 aliphatic heterocycles. The zero-order valence-corrected chi connectivity index (χ0v) is 20.5. The number of hydrogen-bond acceptors (Lipinski definition) is 4. The van der Waals surface area contributed by atoms with Gasteiger partial charge >= 0.3 is 5.69 Å². The molecule has 4 heterocycles. The molecule has 0 amide bonds. The quantitative estimate of drug-likeness (QED) is 0.561. The van der Waals surface area contributed by atoms with Crippen LogP contribution in [-0.2, 0) is 6.42 Å². The fourth-order valence-corrected chi connectivity index (χ4v) is 5.82. The van der Waals surface area contributed by atoms with Crippen LogP contribution in [-0.4, -0.2) is 49.1 Å². The van der Waals surface area contributed by atoms with E-state index in [2.05, 4.69) is 21.9 Å². The van der Waals surface area contributed by atoms with Gasteiger partial charge in [0.1, 0.15) is 5.02 Å². The molecule has 0 spiro atoms. The number of pyridine rings is 1. The number of rotatable bonds is 5. The van der Waals surface area contributed by atoms with Crippen molar-refractivity contribution in [1.29, 1.82) is 0 Å². The van der Waals surface area contributed by atoms with Gasteiger partial charge in [-0.2, -0.15) is 5.10 Å². The van der Waals surface area contributed by atoms with Crippen LogP contribution >= 0.6 is 11.6 Å². The molecule has 35 heavy (non-hydrogen) atoms. The van der Waals surface area contributed by atoms with Crippen LogP contribution in [0.4, 0.5) is 8.78 Å². The molecule has 0 bridgehead atoms. The number of fused-ring (bicyclic) bond motifs is 1. The number of nitrogens with zero attached hydrogens (tertiary/aromatic N) is 4. The third-order valence-corrected chi connectivity index (χ3v) is 7.97. The van der Waals surface area contributed by atoms with E-state index in [1.807, 2.05) is 18.3 Å². The summed E-state index contributed by atoms with van der Waals surface area (Å²) in [6.45, 7) is 4.16. The highest BCUT2D eigenvalue weighted by molar-refractivity contribution is 6.30. The lowest BCUT2D eigenvalue weighted by Crippen LogP contribution is -2.44. The fourth-order valence-electron chi connectivity index (χ4n) is 5.67. The molecule has 3 aromatic rings. The fraction of sp³-hybridized carbons (Fsp3) is 0.560. The minimum Gasteiger partial charge on any atom is -0.300 e. The number of aromatic amines is 1. The second-order valence-electron chi connectivity index (χ2n) is 10.2. The predicted molar refractivity (Wildman–Crippen MR) is 131 cm³/mol. The smallest absolute Gasteiger partial charge is 0.300 e. The average molecular weight is 506 g/mol. The zero-order chi connectivity index (χ0) is 24.7. The van der Waals surface area contributed by atoms with Gasteiger partial charge in [0.15, 0.2) is 0 Å². The highest BCUT2D eigenvalue weighted by Gasteiger charge is 2.36. The van der Waals surface area contributed by atoms with E-state index in [1.165, 1.54) is 10.8 Å². The third kappa shape index (κ3) is 5.21. The first-order valence-electron chi connectivity index (χ1n) is 12.3. The molecule has 1 saturated carbocycles. The van der Waals surface area contributed by atoms with Crippen molar-refractivity contribution in [2.45, 2.75) is 63.8 Å². The predicted octanol–water partition coefficient (Wildman–Crippen LogP) is 4.30. The molecule has 1 aliphatic carbocycles. The summed E-state index contributed by atoms with van der Waals surface area (Å²) in [5.41, 5.74) is 1.28. The Labute approximate surface area is 206 Å². The van der Waals surface area contributed by atoms with Crippen molar-refractivity contribution in [2.24, 2.45) is 11.8 Å². The summed E-state index contributed by atoms with van der Waals surface area (Å²) >= 11 is 5.95. The lowest BCUT2D eigenvalue weighted by atomic mass is 9.83. The lowest BCUT2D eigenvalue weighted by molar-refractivity contribution is -0.0512. The molecular formula is C25H30ClF2N5O2. The summed E-state index contributed by atoms with van der Waals surface area (Å²) in [6, 6.07) is 4.51. The maximum atomic E-state index is 13.5. The second-order valence-corrected chi connectivity index (χ2v) is 10.6. The molecule has 0 aromatic carbocycles. The third-order valence-electron chi connectivity index (χ3n) is 7.70. The summed E-state index contributed by atoms with van der Waals surface area (Å²) in [6.07, 6.45) is 9.12. The van der Waals surface area contributed by atoms with Gasteiger partial charge in [0.25, 0.3) is 5.56 Å². The van der Waals surface area contributed by atoms with E-state index in [4.69, 9.17) is 11.6 Å². The molecular weight excluding hydrogens is 476 g/mol. The summed E-state index contributed by atoms with van der Waals surface area (Å²) in [5, 5.41) is 4.26. The molecule has 1 saturated heterocycles. The Morgan fingerprint density at radius 1 is 1.20 bits per heavy atom. The Kier molecular flexibility index (Phi) is 6.57. The van der Waals surface area contributed by atoms with E-state index in [0.29, 0.717) is 36.4 Å². The van der Waals surface area contributed by atoms with Crippen LogP contribution in [0.3, 0.4) is 0 Å². The van der Waals surface area contributed by atoms with E-state index in [-0.39, 0.29) is 17.9 Å². The van der Waals surface area contributed by atoms with Gasteiger partial charge in [0, 0.05) is 37.8 Å². The van der Waals surface area contributed by atoms with Crippen molar-refractivity contribution in [3.8, 4) is 5.69 Å². The van der Waals surface area contributed by atoms with Crippen LogP contribution < -0.4 is 11.2 Å². The number of piperidine rings is 1. The number of alkyl halides is 2. The average Bonchev–Trinajstić information content (AvgIpc) is 3.22. The van der Waals surface area contributed by atoms with E-state index in [9.17, 15) is 18.4 Å². The zero-order valence-electron chi connectivity index (χ0n) is 19.7. The number of hydrogen-bond donors (Lipinski definition) is 1. The number of H-pyrrole nitrogens is 1. The Bertz CT molecular complexity index is 1320. The number of halogens is 3. The SMILES string of the molecule is C[C@H]1C[C@H](Cc2ccn3ncc(-n4cc(Cl)c(=O)[nH]c4=O)c3c2)CCN1CC1CCC(F)(F)CC1. The maximum Gasteiger partial charge on any atom is 0.333 e. The number of aromatic nitrogens is 4. The minimum absolute atomic E-state index is 0.0268. The van der Waals surface area contributed by atoms with Gasteiger partial charge in [0.2, 0.25) is 5.92 Å². The molecule has 2 fully saturated rings. The molecule has 7 nitrogen and oxygen atoms in total. The Morgan fingerprint density at radius 3 is 2.71 bits per heavy atom. The molecule has 1 N–H and O–H groups in total. The maximum absolute atomic E-state index is 13.5. The largest absolute Gasteiger partial charge is 0.333 e. The number of nitrogens with one attached hydrogen (secondary N) is 1. The standard InChI is InChI=1S/C25H30ClF2N5O2/c1-16-10-18(4-8-31(16)14-17-2-6-25(27,28)7-3-17)11-19-5-9-33-21(12-19)22(13-29-33)32-15-20(26)23(34)30-24(32)35/h5,9,12-13,15-18H,2-4,6-8,10-11,14H2,1H3,(H,30,34,35)/t16-,18+/m0/s1. The van der Waals surface area contributed by atoms with Gasteiger partial charge in [0.05, 0.1) is 17.4 Å². The summed E-state index contributed by atoms with van der Waals surface area (Å²) in [7, 11) is 0. The Morgan fingerprint density at radius 2 is 1.97 bits per heavy atom. The minimum atomic E-state index is -2.47. The van der Waals surface area contributed by atoms with Crippen LogP contribution in [0, 0.1) is 11.8 Å². The van der Waals surface area contributed by atoms with Gasteiger partial charge in [-0.05, 0) is 75.1 Å². The molecule has 3 aromatic heterocycles. The van der Waals surface area contributed by atoms with Crippen LogP contribution in [0.1, 0.15) is 51.0 Å². The molecule has 2 aliphatic rings. The topological polar surface area (TPSA) is 75.4 Å². The first-order chi connectivity index (χ1) is 16.7. The molecule has 10 heteroatoms. The summed E-state index contributed by atoms with van der Waals surface area (Å²) in [5.74, 6) is -1.57. The molecule has 188 valence electrons. The molecule has 0 radical (unpaired) electrons. The van der Waals surface area contributed by atoms with Gasteiger partial charge in [-0.3, -0.25) is 14.3 Å². The summed E-state index contributed by atoms with van der Waals surface area (Å²) < 4.78 is 30.0. The highest BCUT2D eigenvalue weighted by atomic mass is 35.5. The van der Waals surface area contributed by atoms with Crippen LogP contribution in [0.15, 0.2) is 40.3 Å². The lowest BCUT2D eigenvalue weighted by Gasteiger charge is -2.41. The van der Waals surface area contributed by atoms with E-state index < -0.39 is 17.2 Å². The van der Waals surface area contributed by atoms with Crippen molar-refractivity contribution in [3.05, 3.63) is 62.1 Å². The van der Waals surface area contributed by atoms with Crippen LogP contribution in [0.2, 0.25) is 5.02 Å². The monoisotopic (exact) mass is 505 g/mol. The van der Waals surface area contributed by atoms with Crippen molar-refractivity contribution >= 4 is 17.1 Å². The van der Waals surface area contributed by atoms with Gasteiger partial charge in [-0.1, -0.05) is 11.6 Å². The van der Waals surface area contributed by atoms with E-state index in [0.717, 1.165) is 43.4 Å². The van der Waals surface area contributed by atoms with Crippen molar-refractivity contribution in [2.75, 3.05) is 13.1 Å². The van der Waals surface area contributed by atoms with Crippen molar-refractivity contribution < 1.29 is 8.78 Å². The van der Waals surface area contributed by atoms with Gasteiger partial charge in [-0.25, -0.2) is 18.1 Å². The summed E-state index contributed by atoms with van der Waals surface area (Å²) in [4.78, 5) is 28.7. The number of likely N-dealkylation sites (tertiary alicyclic amines) is 1. The second kappa shape index (κ2) is 9.50. The van der Waals surface area contributed by atoms with Crippen LogP contribution in [0.5, 0.6) is 0 Å². The van der Waals surface area contributed by atoms with Crippen molar-refractivity contribution in [1.82, 2.24) is 24.1 Å². The van der Waals surface area contributed by atoms with Gasteiger partial charge in [-0.15, -0.1) is 0 Å². The molecule has 2 atom stereocenters. The van der Waals surface area contributed by atoms with E-state index >= 15 is 0 Å². The first-order valence-corrected chi connectivity index (χ1v) is 12.7. The van der Waals surface area contributed by atoms with Gasteiger partial charge < -0.3 is 4.90 Å².